The van der Waals surface area contributed by atoms with E-state index < -0.39 is 12.0 Å². The first-order chi connectivity index (χ1) is 6.67. The van der Waals surface area contributed by atoms with Crippen molar-refractivity contribution in [3.05, 3.63) is 0 Å². The van der Waals surface area contributed by atoms with Gasteiger partial charge in [-0.2, -0.15) is 0 Å². The molecule has 1 fully saturated rings. The van der Waals surface area contributed by atoms with Crippen LogP contribution in [0.15, 0.2) is 0 Å². The number of carbonyl (C=O) groups is 1. The minimum atomic E-state index is -0.756. The fraction of sp³-hybridized carbons (Fsp3) is 0.900. The first kappa shape index (κ1) is 11.5. The zero-order valence-electron chi connectivity index (χ0n) is 8.82. The van der Waals surface area contributed by atoms with E-state index in [1.807, 2.05) is 6.92 Å². The van der Waals surface area contributed by atoms with Crippen molar-refractivity contribution in [2.24, 2.45) is 0 Å². The summed E-state index contributed by atoms with van der Waals surface area (Å²) in [7, 11) is 1.71. The van der Waals surface area contributed by atoms with E-state index in [1.165, 1.54) is 0 Å². The minimum absolute atomic E-state index is 0.304. The van der Waals surface area contributed by atoms with E-state index in [2.05, 4.69) is 5.32 Å². The largest absolute Gasteiger partial charge is 0.480 e. The third-order valence-electron chi connectivity index (χ3n) is 2.86. The predicted octanol–water partition coefficient (Wildman–Crippen LogP) is 1.01. The first-order valence-electron chi connectivity index (χ1n) is 5.19. The molecule has 2 N–H and O–H groups in total. The average Bonchev–Trinajstić information content (AvgIpc) is 2.61. The van der Waals surface area contributed by atoms with Gasteiger partial charge in [-0.1, -0.05) is 6.92 Å². The van der Waals surface area contributed by atoms with E-state index in [9.17, 15) is 4.79 Å². The quantitative estimate of drug-likeness (QED) is 0.697. The number of aliphatic carboxylic acids is 1. The first-order valence-corrected chi connectivity index (χ1v) is 5.19. The Kier molecular flexibility index (Phi) is 4.35. The summed E-state index contributed by atoms with van der Waals surface area (Å²) < 4.78 is 5.23. The van der Waals surface area contributed by atoms with Crippen molar-refractivity contribution in [2.45, 2.75) is 50.8 Å². The van der Waals surface area contributed by atoms with Gasteiger partial charge in [-0.05, 0) is 25.7 Å². The Morgan fingerprint density at radius 1 is 1.64 bits per heavy atom. The highest BCUT2D eigenvalue weighted by Crippen LogP contribution is 2.21. The zero-order valence-corrected chi connectivity index (χ0v) is 8.82. The summed E-state index contributed by atoms with van der Waals surface area (Å²) in [5.41, 5.74) is 0. The highest BCUT2D eigenvalue weighted by Gasteiger charge is 2.27. The van der Waals surface area contributed by atoms with Crippen molar-refractivity contribution in [2.75, 3.05) is 7.11 Å². The lowest BCUT2D eigenvalue weighted by Crippen LogP contribution is -2.42. The molecule has 82 valence electrons. The summed E-state index contributed by atoms with van der Waals surface area (Å²) in [5, 5.41) is 12.0. The lowest BCUT2D eigenvalue weighted by Gasteiger charge is -2.18. The smallest absolute Gasteiger partial charge is 0.320 e. The molecule has 0 bridgehead atoms. The van der Waals surface area contributed by atoms with Crippen LogP contribution in [0.3, 0.4) is 0 Å². The van der Waals surface area contributed by atoms with Crippen LogP contribution in [0.25, 0.3) is 0 Å². The molecule has 0 aliphatic heterocycles. The van der Waals surface area contributed by atoms with Crippen LogP contribution < -0.4 is 5.32 Å². The number of carboxylic acid groups (broad SMARTS) is 1. The molecule has 4 nitrogen and oxygen atoms in total. The molecule has 0 heterocycles. The van der Waals surface area contributed by atoms with Crippen molar-refractivity contribution in [1.82, 2.24) is 5.32 Å². The molecule has 3 unspecified atom stereocenters. The van der Waals surface area contributed by atoms with Gasteiger partial charge in [-0.15, -0.1) is 0 Å². The Labute approximate surface area is 84.6 Å². The second-order valence-electron chi connectivity index (χ2n) is 3.83. The Morgan fingerprint density at radius 2 is 2.36 bits per heavy atom. The van der Waals surface area contributed by atoms with Crippen LogP contribution in [-0.4, -0.2) is 36.4 Å². The summed E-state index contributed by atoms with van der Waals surface area (Å²) in [5.74, 6) is -0.756. The molecule has 4 heteroatoms. The Hall–Kier alpha value is -0.610. The van der Waals surface area contributed by atoms with Crippen LogP contribution in [-0.2, 0) is 9.53 Å². The van der Waals surface area contributed by atoms with E-state index in [0.29, 0.717) is 18.6 Å². The van der Waals surface area contributed by atoms with Gasteiger partial charge in [0.25, 0.3) is 0 Å². The molecule has 3 atom stereocenters. The molecule has 0 spiro atoms. The van der Waals surface area contributed by atoms with Crippen molar-refractivity contribution < 1.29 is 14.6 Å². The molecule has 1 saturated carbocycles. The topological polar surface area (TPSA) is 58.6 Å². The standard InChI is InChI=1S/C10H19NO3/c1-3-9(10(12)13)11-7-4-5-8(6-7)14-2/h7-9,11H,3-6H2,1-2H3,(H,12,13). The molecule has 1 rings (SSSR count). The highest BCUT2D eigenvalue weighted by molar-refractivity contribution is 5.73. The van der Waals surface area contributed by atoms with Crippen LogP contribution in [0, 0.1) is 0 Å². The normalized spacial score (nSPS) is 29.0. The van der Waals surface area contributed by atoms with Gasteiger partial charge in [-0.25, -0.2) is 0 Å². The van der Waals surface area contributed by atoms with Crippen LogP contribution >= 0.6 is 0 Å². The van der Waals surface area contributed by atoms with Gasteiger partial charge in [0.1, 0.15) is 6.04 Å². The van der Waals surface area contributed by atoms with Gasteiger partial charge in [0, 0.05) is 13.2 Å². The van der Waals surface area contributed by atoms with E-state index in [0.717, 1.165) is 19.3 Å². The fourth-order valence-corrected chi connectivity index (χ4v) is 1.95. The lowest BCUT2D eigenvalue weighted by molar-refractivity contribution is -0.139. The molecule has 14 heavy (non-hydrogen) atoms. The Morgan fingerprint density at radius 3 is 2.79 bits per heavy atom. The Balaban J connectivity index is 2.33. The van der Waals surface area contributed by atoms with Gasteiger partial charge in [0.15, 0.2) is 0 Å². The van der Waals surface area contributed by atoms with Gasteiger partial charge < -0.3 is 15.2 Å². The highest BCUT2D eigenvalue weighted by atomic mass is 16.5. The van der Waals surface area contributed by atoms with Crippen molar-refractivity contribution in [3.63, 3.8) is 0 Å². The number of hydrogen-bond donors (Lipinski definition) is 2. The van der Waals surface area contributed by atoms with Gasteiger partial charge in [0.2, 0.25) is 0 Å². The molecule has 0 saturated heterocycles. The molecular weight excluding hydrogens is 182 g/mol. The monoisotopic (exact) mass is 201 g/mol. The molecule has 0 radical (unpaired) electrons. The predicted molar refractivity (Wildman–Crippen MR) is 53.3 cm³/mol. The van der Waals surface area contributed by atoms with E-state index in [4.69, 9.17) is 9.84 Å². The summed E-state index contributed by atoms with van der Waals surface area (Å²) in [6.45, 7) is 1.88. The third-order valence-corrected chi connectivity index (χ3v) is 2.86. The Bertz CT molecular complexity index is 196. The lowest BCUT2D eigenvalue weighted by atomic mass is 10.1. The minimum Gasteiger partial charge on any atom is -0.480 e. The number of hydrogen-bond acceptors (Lipinski definition) is 3. The number of rotatable bonds is 5. The second-order valence-corrected chi connectivity index (χ2v) is 3.83. The van der Waals surface area contributed by atoms with Gasteiger partial charge in [0.05, 0.1) is 6.10 Å². The number of ether oxygens (including phenoxy) is 1. The van der Waals surface area contributed by atoms with Crippen molar-refractivity contribution in [1.29, 1.82) is 0 Å². The van der Waals surface area contributed by atoms with Gasteiger partial charge >= 0.3 is 5.97 Å². The molecule has 1 aliphatic rings. The maximum Gasteiger partial charge on any atom is 0.320 e. The van der Waals surface area contributed by atoms with Crippen LogP contribution in [0.4, 0.5) is 0 Å². The third kappa shape index (κ3) is 2.96. The summed E-state index contributed by atoms with van der Waals surface area (Å²) in [4.78, 5) is 10.8. The summed E-state index contributed by atoms with van der Waals surface area (Å²) >= 11 is 0. The summed E-state index contributed by atoms with van der Waals surface area (Å²) in [6.07, 6.45) is 3.91. The zero-order chi connectivity index (χ0) is 10.6. The average molecular weight is 201 g/mol. The van der Waals surface area contributed by atoms with E-state index in [1.54, 1.807) is 7.11 Å². The molecule has 0 aromatic heterocycles. The molecular formula is C10H19NO3. The SMILES string of the molecule is CCC(NC1CCC(OC)C1)C(=O)O. The number of nitrogens with one attached hydrogen (secondary N) is 1. The second kappa shape index (κ2) is 5.32. The van der Waals surface area contributed by atoms with Crippen LogP contribution in [0.1, 0.15) is 32.6 Å². The fourth-order valence-electron chi connectivity index (χ4n) is 1.95. The maximum atomic E-state index is 10.8. The van der Waals surface area contributed by atoms with Crippen molar-refractivity contribution in [3.8, 4) is 0 Å². The molecule has 1 aliphatic carbocycles. The van der Waals surface area contributed by atoms with Crippen LogP contribution in [0.2, 0.25) is 0 Å². The maximum absolute atomic E-state index is 10.8. The van der Waals surface area contributed by atoms with Crippen molar-refractivity contribution >= 4 is 5.97 Å². The molecule has 0 aromatic rings. The molecule has 0 amide bonds. The van der Waals surface area contributed by atoms with Gasteiger partial charge in [-0.3, -0.25) is 4.79 Å². The van der Waals surface area contributed by atoms with E-state index >= 15 is 0 Å². The van der Waals surface area contributed by atoms with E-state index in [-0.39, 0.29) is 0 Å². The summed E-state index contributed by atoms with van der Waals surface area (Å²) in [6, 6.07) is -0.100. The van der Waals surface area contributed by atoms with Crippen LogP contribution in [0.5, 0.6) is 0 Å². The number of methoxy groups -OCH3 is 1. The molecule has 0 aromatic carbocycles. The number of carboxylic acids is 1.